The van der Waals surface area contributed by atoms with Crippen LogP contribution < -0.4 is 5.73 Å². The lowest BCUT2D eigenvalue weighted by atomic mass is 9.88. The van der Waals surface area contributed by atoms with Gasteiger partial charge in [-0.25, -0.2) is 0 Å². The molecule has 88 valence electrons. The zero-order chi connectivity index (χ0) is 12.0. The van der Waals surface area contributed by atoms with Crippen molar-refractivity contribution in [3.8, 4) is 0 Å². The Morgan fingerprint density at radius 3 is 1.57 bits per heavy atom. The molecular weight excluding hydrogens is 206 g/mol. The number of nitrogens with two attached hydrogens (primary N) is 1. The first-order valence-corrected chi connectivity index (χ1v) is 6.06. The molecule has 0 aliphatic heterocycles. The van der Waals surface area contributed by atoms with E-state index < -0.39 is 9.05 Å². The lowest BCUT2D eigenvalue weighted by Gasteiger charge is -2.26. The van der Waals surface area contributed by atoms with Crippen LogP contribution in [0.15, 0.2) is 0 Å². The van der Waals surface area contributed by atoms with Gasteiger partial charge in [-0.3, -0.25) is 0 Å². The molecule has 0 spiro atoms. The summed E-state index contributed by atoms with van der Waals surface area (Å²) >= 11 is 0. The summed E-state index contributed by atoms with van der Waals surface area (Å²) in [6, 6.07) is 0. The Kier molecular flexibility index (Phi) is 7.57. The smallest absolute Gasteiger partial charge is 0.396 e. The fourth-order valence-electron chi connectivity index (χ4n) is 0.566. The van der Waals surface area contributed by atoms with Crippen LogP contribution in [0.5, 0.6) is 0 Å². The topological polar surface area (TPSA) is 127 Å². The molecular formula is C7H21NO5Si. The molecule has 0 bridgehead atoms. The molecule has 0 amide bonds. The van der Waals surface area contributed by atoms with Gasteiger partial charge < -0.3 is 30.0 Å². The number of hydrogen-bond donors (Lipinski definition) is 6. The molecule has 0 aromatic heterocycles. The minimum atomic E-state index is -4.61. The van der Waals surface area contributed by atoms with E-state index in [1.54, 1.807) is 0 Å². The van der Waals surface area contributed by atoms with Gasteiger partial charge in [0, 0.05) is 12.1 Å². The normalized spacial score (nSPS) is 14.4. The van der Waals surface area contributed by atoms with Crippen molar-refractivity contribution in [2.45, 2.75) is 32.7 Å². The molecule has 7 heteroatoms. The predicted octanol–water partition coefficient (Wildman–Crippen LogP) is -1.87. The molecule has 0 aromatic carbocycles. The number of hydrogen-bond acceptors (Lipinski definition) is 6. The van der Waals surface area contributed by atoms with Crippen molar-refractivity contribution in [1.82, 2.24) is 0 Å². The molecule has 0 aliphatic rings. The Morgan fingerprint density at radius 1 is 1.21 bits per heavy atom. The summed E-state index contributed by atoms with van der Waals surface area (Å²) in [5.41, 5.74) is 5.60. The first-order valence-electron chi connectivity index (χ1n) is 4.27. The van der Waals surface area contributed by atoms with Crippen molar-refractivity contribution in [3.63, 3.8) is 0 Å². The van der Waals surface area contributed by atoms with Gasteiger partial charge in [-0.15, -0.1) is 0 Å². The quantitative estimate of drug-likeness (QED) is 0.314. The van der Waals surface area contributed by atoms with Crippen LogP contribution in [0.3, 0.4) is 0 Å². The summed E-state index contributed by atoms with van der Waals surface area (Å²) in [5.74, 6) is 0.391. The van der Waals surface area contributed by atoms with E-state index in [1.165, 1.54) is 0 Å². The molecule has 1 atom stereocenters. The second-order valence-corrected chi connectivity index (χ2v) is 5.03. The van der Waals surface area contributed by atoms with E-state index in [4.69, 9.17) is 30.0 Å². The van der Waals surface area contributed by atoms with Gasteiger partial charge in [-0.2, -0.15) is 0 Å². The van der Waals surface area contributed by atoms with Crippen molar-refractivity contribution < 1.29 is 24.3 Å². The second kappa shape index (κ2) is 6.46. The highest BCUT2D eigenvalue weighted by Gasteiger charge is 2.22. The molecule has 0 saturated heterocycles. The third-order valence-corrected chi connectivity index (χ3v) is 1.83. The minimum Gasteiger partial charge on any atom is -0.396 e. The Morgan fingerprint density at radius 2 is 1.50 bits per heavy atom. The third-order valence-electron chi connectivity index (χ3n) is 1.83. The molecule has 0 rings (SSSR count). The van der Waals surface area contributed by atoms with Gasteiger partial charge in [0.15, 0.2) is 0 Å². The highest BCUT2D eigenvalue weighted by Crippen LogP contribution is 2.15. The minimum absolute atomic E-state index is 0.150. The van der Waals surface area contributed by atoms with Crippen LogP contribution in [-0.4, -0.2) is 45.5 Å². The van der Waals surface area contributed by atoms with E-state index in [0.717, 1.165) is 6.42 Å². The van der Waals surface area contributed by atoms with Gasteiger partial charge in [-0.1, -0.05) is 6.92 Å². The lowest BCUT2D eigenvalue weighted by molar-refractivity contribution is 0.117. The molecule has 14 heavy (non-hydrogen) atoms. The average molecular weight is 227 g/mol. The van der Waals surface area contributed by atoms with E-state index in [0.29, 0.717) is 5.92 Å². The van der Waals surface area contributed by atoms with E-state index in [2.05, 4.69) is 6.92 Å². The molecule has 0 aliphatic carbocycles. The van der Waals surface area contributed by atoms with Gasteiger partial charge in [-0.05, 0) is 26.2 Å². The van der Waals surface area contributed by atoms with Gasteiger partial charge in [0.05, 0.1) is 0 Å². The Labute approximate surface area is 85.1 Å². The Hall–Kier alpha value is -0.0231. The molecule has 0 saturated carbocycles. The summed E-state index contributed by atoms with van der Waals surface area (Å²) < 4.78 is 0. The van der Waals surface area contributed by atoms with Crippen LogP contribution in [0.1, 0.15) is 27.2 Å². The summed E-state index contributed by atoms with van der Waals surface area (Å²) in [6.45, 7) is 6.25. The summed E-state index contributed by atoms with van der Waals surface area (Å²) in [7, 11) is -4.61. The van der Waals surface area contributed by atoms with Gasteiger partial charge in [0.1, 0.15) is 0 Å². The van der Waals surface area contributed by atoms with Crippen LogP contribution in [0, 0.1) is 5.92 Å². The maximum absolute atomic E-state index is 8.54. The lowest BCUT2D eigenvalue weighted by Crippen LogP contribution is -2.39. The molecule has 7 N–H and O–H groups in total. The monoisotopic (exact) mass is 227 g/mol. The number of rotatable bonds is 3. The van der Waals surface area contributed by atoms with Gasteiger partial charge in [0.25, 0.3) is 0 Å². The average Bonchev–Trinajstić information content (AvgIpc) is 1.81. The van der Waals surface area contributed by atoms with E-state index in [1.807, 2.05) is 13.8 Å². The highest BCUT2D eigenvalue weighted by atomic mass is 28.4. The molecule has 0 heterocycles. The van der Waals surface area contributed by atoms with Gasteiger partial charge >= 0.3 is 9.05 Å². The van der Waals surface area contributed by atoms with Crippen molar-refractivity contribution in [2.24, 2.45) is 11.7 Å². The van der Waals surface area contributed by atoms with Crippen molar-refractivity contribution in [3.05, 3.63) is 0 Å². The molecule has 0 fully saturated rings. The molecule has 0 radical (unpaired) electrons. The Balaban J connectivity index is 0. The van der Waals surface area contributed by atoms with Crippen LogP contribution in [-0.2, 0) is 0 Å². The molecule has 0 aromatic rings. The third kappa shape index (κ3) is 17.9. The van der Waals surface area contributed by atoms with E-state index >= 15 is 0 Å². The van der Waals surface area contributed by atoms with Gasteiger partial charge in [0.2, 0.25) is 0 Å². The fourth-order valence-corrected chi connectivity index (χ4v) is 0.566. The zero-order valence-corrected chi connectivity index (χ0v) is 9.80. The predicted molar refractivity (Wildman–Crippen MR) is 53.8 cm³/mol. The fraction of sp³-hybridized carbons (Fsp3) is 1.00. The van der Waals surface area contributed by atoms with E-state index in [-0.39, 0.29) is 12.1 Å². The molecule has 6 nitrogen and oxygen atoms in total. The van der Waals surface area contributed by atoms with Crippen LogP contribution >= 0.6 is 0 Å². The van der Waals surface area contributed by atoms with Crippen LogP contribution in [0.2, 0.25) is 0 Å². The van der Waals surface area contributed by atoms with Crippen molar-refractivity contribution in [2.75, 3.05) is 6.61 Å². The summed E-state index contributed by atoms with van der Waals surface area (Å²) in [6.07, 6.45) is 0.795. The first kappa shape index (κ1) is 16.4. The SMILES string of the molecule is CC(CCO)C(C)(C)N.O[Si](O)(O)O. The van der Waals surface area contributed by atoms with Crippen molar-refractivity contribution in [1.29, 1.82) is 0 Å². The Bertz CT molecular complexity index is 136. The van der Waals surface area contributed by atoms with Crippen molar-refractivity contribution >= 4 is 9.05 Å². The first-order chi connectivity index (χ1) is 5.98. The maximum atomic E-state index is 8.54. The summed E-state index contributed by atoms with van der Waals surface area (Å²) in [5, 5.41) is 8.54. The molecule has 1 unspecified atom stereocenters. The zero-order valence-electron chi connectivity index (χ0n) is 8.80. The number of aliphatic hydroxyl groups excluding tert-OH is 1. The summed E-state index contributed by atoms with van der Waals surface area (Å²) in [4.78, 5) is 29.3. The number of aliphatic hydroxyl groups is 1. The van der Waals surface area contributed by atoms with E-state index in [9.17, 15) is 0 Å². The highest BCUT2D eigenvalue weighted by molar-refractivity contribution is 6.46. The maximum Gasteiger partial charge on any atom is 0.668 e. The van der Waals surface area contributed by atoms with Crippen LogP contribution in [0.4, 0.5) is 0 Å². The van der Waals surface area contributed by atoms with Crippen LogP contribution in [0.25, 0.3) is 0 Å². The largest absolute Gasteiger partial charge is 0.668 e. The second-order valence-electron chi connectivity index (χ2n) is 3.83. The standard InChI is InChI=1S/C7H17NO.H4O4Si/c1-6(4-5-9)7(2,3)8;1-5(2,3)4/h6,9H,4-5,8H2,1-3H3;1-4H.